The van der Waals surface area contributed by atoms with Crippen LogP contribution in [0.15, 0.2) is 36.5 Å². The number of hydrogen-bond acceptors (Lipinski definition) is 2. The Labute approximate surface area is 128 Å². The van der Waals surface area contributed by atoms with Gasteiger partial charge in [0.05, 0.1) is 5.52 Å². The number of aromatic nitrogens is 1. The number of nitrogens with one attached hydrogen (secondary N) is 1. The van der Waals surface area contributed by atoms with Gasteiger partial charge in [0, 0.05) is 17.6 Å². The van der Waals surface area contributed by atoms with Crippen LogP contribution in [0, 0.1) is 5.92 Å². The van der Waals surface area contributed by atoms with E-state index in [1.807, 2.05) is 12.3 Å². The Balaban J connectivity index is 1.77. The molecule has 0 aliphatic heterocycles. The molecule has 1 aliphatic carbocycles. The molecule has 1 aliphatic rings. The third-order valence-electron chi connectivity index (χ3n) is 4.92. The lowest BCUT2D eigenvalue weighted by Crippen LogP contribution is -2.20. The summed E-state index contributed by atoms with van der Waals surface area (Å²) in [5.41, 5.74) is 2.49. The highest BCUT2D eigenvalue weighted by molar-refractivity contribution is 5.79. The lowest BCUT2D eigenvalue weighted by Gasteiger charge is -2.23. The fourth-order valence-electron chi connectivity index (χ4n) is 3.66. The number of fused-ring (bicyclic) bond motifs is 1. The molecule has 0 amide bonds. The van der Waals surface area contributed by atoms with Crippen LogP contribution in [0.25, 0.3) is 10.9 Å². The van der Waals surface area contributed by atoms with E-state index in [0.717, 1.165) is 11.4 Å². The predicted molar refractivity (Wildman–Crippen MR) is 89.4 cm³/mol. The highest BCUT2D eigenvalue weighted by Crippen LogP contribution is 2.31. The third kappa shape index (κ3) is 3.62. The number of pyridine rings is 1. The van der Waals surface area contributed by atoms with Crippen molar-refractivity contribution in [2.45, 2.75) is 51.0 Å². The van der Waals surface area contributed by atoms with Gasteiger partial charge in [-0.25, -0.2) is 0 Å². The van der Waals surface area contributed by atoms with Crippen molar-refractivity contribution in [1.29, 1.82) is 0 Å². The number of rotatable bonds is 4. The van der Waals surface area contributed by atoms with Gasteiger partial charge in [0.25, 0.3) is 0 Å². The first-order chi connectivity index (χ1) is 10.4. The van der Waals surface area contributed by atoms with Gasteiger partial charge in [0.2, 0.25) is 0 Å². The van der Waals surface area contributed by atoms with Crippen LogP contribution in [0.3, 0.4) is 0 Å². The van der Waals surface area contributed by atoms with Crippen LogP contribution in [-0.2, 0) is 0 Å². The molecule has 112 valence electrons. The molecule has 1 saturated carbocycles. The van der Waals surface area contributed by atoms with Crippen LogP contribution in [0.2, 0.25) is 0 Å². The molecule has 1 aromatic heterocycles. The van der Waals surface area contributed by atoms with Crippen LogP contribution in [-0.4, -0.2) is 12.0 Å². The largest absolute Gasteiger partial charge is 0.313 e. The summed E-state index contributed by atoms with van der Waals surface area (Å²) < 4.78 is 0. The highest BCUT2D eigenvalue weighted by Gasteiger charge is 2.18. The lowest BCUT2D eigenvalue weighted by molar-refractivity contribution is 0.368. The van der Waals surface area contributed by atoms with Crippen molar-refractivity contribution in [3.05, 3.63) is 42.1 Å². The van der Waals surface area contributed by atoms with Crippen molar-refractivity contribution in [3.63, 3.8) is 0 Å². The fourth-order valence-corrected chi connectivity index (χ4v) is 3.66. The summed E-state index contributed by atoms with van der Waals surface area (Å²) >= 11 is 0. The minimum atomic E-state index is 0.470. The van der Waals surface area contributed by atoms with Crippen molar-refractivity contribution in [1.82, 2.24) is 10.3 Å². The van der Waals surface area contributed by atoms with E-state index in [1.165, 1.54) is 55.9 Å². The molecule has 2 heteroatoms. The van der Waals surface area contributed by atoms with Gasteiger partial charge in [0.1, 0.15) is 0 Å². The maximum atomic E-state index is 4.42. The molecule has 1 heterocycles. The third-order valence-corrected chi connectivity index (χ3v) is 4.92. The SMILES string of the molecule is CNC(CC1CCCCCC1)c1ccc2ncccc2c1. The molecule has 0 radical (unpaired) electrons. The number of hydrogen-bond donors (Lipinski definition) is 1. The quantitative estimate of drug-likeness (QED) is 0.810. The Kier molecular flexibility index (Phi) is 4.87. The summed E-state index contributed by atoms with van der Waals surface area (Å²) in [6.07, 6.45) is 11.7. The van der Waals surface area contributed by atoms with Crippen LogP contribution in [0.4, 0.5) is 0 Å². The molecule has 1 atom stereocenters. The van der Waals surface area contributed by atoms with Crippen molar-refractivity contribution in [2.75, 3.05) is 7.05 Å². The average molecular weight is 282 g/mol. The van der Waals surface area contributed by atoms with Crippen LogP contribution >= 0.6 is 0 Å². The Bertz CT molecular complexity index is 571. The van der Waals surface area contributed by atoms with Gasteiger partial charge in [-0.3, -0.25) is 4.98 Å². The minimum absolute atomic E-state index is 0.470. The summed E-state index contributed by atoms with van der Waals surface area (Å²) in [6, 6.07) is 11.4. The molecular weight excluding hydrogens is 256 g/mol. The van der Waals surface area contributed by atoms with E-state index < -0.39 is 0 Å². The predicted octanol–water partition coefficient (Wildman–Crippen LogP) is 4.86. The van der Waals surface area contributed by atoms with E-state index in [-0.39, 0.29) is 0 Å². The molecule has 1 unspecified atom stereocenters. The van der Waals surface area contributed by atoms with Gasteiger partial charge in [-0.05, 0) is 43.1 Å². The highest BCUT2D eigenvalue weighted by atomic mass is 14.9. The molecular formula is C19H26N2. The van der Waals surface area contributed by atoms with E-state index in [9.17, 15) is 0 Å². The normalized spacial score (nSPS) is 18.5. The van der Waals surface area contributed by atoms with Crippen molar-refractivity contribution < 1.29 is 0 Å². The van der Waals surface area contributed by atoms with E-state index in [2.05, 4.69) is 41.6 Å². The summed E-state index contributed by atoms with van der Waals surface area (Å²) in [7, 11) is 2.09. The standard InChI is InChI=1S/C19H26N2/c1-20-19(13-15-7-4-2-3-5-8-15)17-10-11-18-16(14-17)9-6-12-21-18/h6,9-12,14-15,19-20H,2-5,7-8,13H2,1H3. The van der Waals surface area contributed by atoms with Gasteiger partial charge >= 0.3 is 0 Å². The smallest absolute Gasteiger partial charge is 0.0702 e. The second-order valence-corrected chi connectivity index (χ2v) is 6.39. The van der Waals surface area contributed by atoms with Crippen molar-refractivity contribution in [3.8, 4) is 0 Å². The van der Waals surface area contributed by atoms with Gasteiger partial charge in [0.15, 0.2) is 0 Å². The first-order valence-electron chi connectivity index (χ1n) is 8.39. The monoisotopic (exact) mass is 282 g/mol. The maximum Gasteiger partial charge on any atom is 0.0702 e. The molecule has 2 nitrogen and oxygen atoms in total. The summed E-state index contributed by atoms with van der Waals surface area (Å²) in [5, 5.41) is 4.78. The topological polar surface area (TPSA) is 24.9 Å². The van der Waals surface area contributed by atoms with Gasteiger partial charge in [-0.1, -0.05) is 50.7 Å². The maximum absolute atomic E-state index is 4.42. The zero-order valence-corrected chi connectivity index (χ0v) is 13.0. The molecule has 0 spiro atoms. The molecule has 3 rings (SSSR count). The Morgan fingerprint density at radius 2 is 1.95 bits per heavy atom. The summed E-state index contributed by atoms with van der Waals surface area (Å²) in [5.74, 6) is 0.884. The molecule has 1 fully saturated rings. The number of benzene rings is 1. The summed E-state index contributed by atoms with van der Waals surface area (Å²) in [4.78, 5) is 4.42. The second-order valence-electron chi connectivity index (χ2n) is 6.39. The zero-order chi connectivity index (χ0) is 14.5. The average Bonchev–Trinajstić information content (AvgIpc) is 2.81. The van der Waals surface area contributed by atoms with Crippen molar-refractivity contribution in [2.24, 2.45) is 5.92 Å². The Morgan fingerprint density at radius 1 is 1.14 bits per heavy atom. The molecule has 0 saturated heterocycles. The molecule has 1 N–H and O–H groups in total. The Hall–Kier alpha value is -1.41. The molecule has 21 heavy (non-hydrogen) atoms. The van der Waals surface area contributed by atoms with Crippen LogP contribution < -0.4 is 5.32 Å². The Morgan fingerprint density at radius 3 is 2.71 bits per heavy atom. The van der Waals surface area contributed by atoms with Gasteiger partial charge < -0.3 is 5.32 Å². The molecule has 1 aromatic carbocycles. The van der Waals surface area contributed by atoms with Crippen molar-refractivity contribution >= 4 is 10.9 Å². The van der Waals surface area contributed by atoms with E-state index in [0.29, 0.717) is 6.04 Å². The van der Waals surface area contributed by atoms with E-state index in [1.54, 1.807) is 0 Å². The van der Waals surface area contributed by atoms with Crippen LogP contribution in [0.5, 0.6) is 0 Å². The van der Waals surface area contributed by atoms with E-state index >= 15 is 0 Å². The second kappa shape index (κ2) is 7.04. The summed E-state index contributed by atoms with van der Waals surface area (Å²) in [6.45, 7) is 0. The van der Waals surface area contributed by atoms with Gasteiger partial charge in [-0.2, -0.15) is 0 Å². The van der Waals surface area contributed by atoms with Crippen LogP contribution in [0.1, 0.15) is 56.6 Å². The molecule has 2 aromatic rings. The zero-order valence-electron chi connectivity index (χ0n) is 13.0. The van der Waals surface area contributed by atoms with E-state index in [4.69, 9.17) is 0 Å². The first kappa shape index (κ1) is 14.5. The molecule has 0 bridgehead atoms. The first-order valence-corrected chi connectivity index (χ1v) is 8.39. The fraction of sp³-hybridized carbons (Fsp3) is 0.526. The minimum Gasteiger partial charge on any atom is -0.313 e. The van der Waals surface area contributed by atoms with Gasteiger partial charge in [-0.15, -0.1) is 0 Å². The number of nitrogens with zero attached hydrogens (tertiary/aromatic N) is 1. The lowest BCUT2D eigenvalue weighted by atomic mass is 9.89.